The number of carbonyl (C=O) groups is 1. The molecule has 6 nitrogen and oxygen atoms in total. The first-order chi connectivity index (χ1) is 11.1. The Bertz CT molecular complexity index is 575. The van der Waals surface area contributed by atoms with E-state index in [4.69, 9.17) is 0 Å². The van der Waals surface area contributed by atoms with E-state index in [-0.39, 0.29) is 11.6 Å². The van der Waals surface area contributed by atoms with Crippen LogP contribution in [-0.4, -0.2) is 47.7 Å². The molecule has 7 heteroatoms. The highest BCUT2D eigenvalue weighted by Crippen LogP contribution is 2.37. The Morgan fingerprint density at radius 3 is 2.52 bits per heavy atom. The molecule has 2 saturated heterocycles. The lowest BCUT2D eigenvalue weighted by Crippen LogP contribution is -2.44. The number of likely N-dealkylation sites (tertiary alicyclic amines) is 1. The van der Waals surface area contributed by atoms with Gasteiger partial charge in [0.2, 0.25) is 5.91 Å². The SMILES string of the molecule is O=C(CSc1ccc([N+](=O)[O-])cc1)N1CCC2(CCNC2)CC1. The lowest BCUT2D eigenvalue weighted by molar-refractivity contribution is -0.384. The highest BCUT2D eigenvalue weighted by Gasteiger charge is 2.37. The maximum atomic E-state index is 12.3. The molecule has 3 rings (SSSR count). The summed E-state index contributed by atoms with van der Waals surface area (Å²) in [6.45, 7) is 3.89. The number of nitro benzene ring substituents is 1. The van der Waals surface area contributed by atoms with E-state index in [9.17, 15) is 14.9 Å². The average molecular weight is 335 g/mol. The summed E-state index contributed by atoms with van der Waals surface area (Å²) in [6.07, 6.45) is 3.41. The minimum Gasteiger partial charge on any atom is -0.342 e. The normalized spacial score (nSPS) is 19.9. The molecule has 1 aromatic rings. The Morgan fingerprint density at radius 2 is 1.96 bits per heavy atom. The maximum Gasteiger partial charge on any atom is 0.269 e. The summed E-state index contributed by atoms with van der Waals surface area (Å²) >= 11 is 1.44. The molecule has 1 N–H and O–H groups in total. The molecule has 0 bridgehead atoms. The molecule has 1 amide bonds. The number of nitro groups is 1. The van der Waals surface area contributed by atoms with E-state index in [0.717, 1.165) is 43.9 Å². The van der Waals surface area contributed by atoms with Crippen LogP contribution in [0.4, 0.5) is 5.69 Å². The van der Waals surface area contributed by atoms with Crippen LogP contribution in [0, 0.1) is 15.5 Å². The Labute approximate surface area is 139 Å². The van der Waals surface area contributed by atoms with E-state index >= 15 is 0 Å². The molecule has 0 saturated carbocycles. The topological polar surface area (TPSA) is 75.5 Å². The zero-order valence-electron chi connectivity index (χ0n) is 13.0. The predicted molar refractivity (Wildman–Crippen MR) is 89.6 cm³/mol. The number of rotatable bonds is 4. The third kappa shape index (κ3) is 3.84. The third-order valence-corrected chi connectivity index (χ3v) is 5.92. The largest absolute Gasteiger partial charge is 0.342 e. The van der Waals surface area contributed by atoms with Crippen LogP contribution in [0.5, 0.6) is 0 Å². The van der Waals surface area contributed by atoms with Crippen LogP contribution >= 0.6 is 11.8 Å². The number of thioether (sulfide) groups is 1. The molecule has 2 aliphatic heterocycles. The van der Waals surface area contributed by atoms with Crippen molar-refractivity contribution in [1.82, 2.24) is 10.2 Å². The molecule has 0 aliphatic carbocycles. The molecule has 124 valence electrons. The minimum atomic E-state index is -0.416. The van der Waals surface area contributed by atoms with Gasteiger partial charge in [-0.05, 0) is 43.4 Å². The van der Waals surface area contributed by atoms with Gasteiger partial charge >= 0.3 is 0 Å². The molecular weight excluding hydrogens is 314 g/mol. The Kier molecular flexibility index (Phi) is 4.87. The van der Waals surface area contributed by atoms with Crippen LogP contribution < -0.4 is 5.32 Å². The first-order valence-electron chi connectivity index (χ1n) is 7.94. The Hall–Kier alpha value is -1.60. The third-order valence-electron chi connectivity index (χ3n) is 4.92. The van der Waals surface area contributed by atoms with Crippen LogP contribution in [0.1, 0.15) is 19.3 Å². The molecule has 0 unspecified atom stereocenters. The van der Waals surface area contributed by atoms with Crippen molar-refractivity contribution in [3.05, 3.63) is 34.4 Å². The van der Waals surface area contributed by atoms with Crippen molar-refractivity contribution in [2.75, 3.05) is 31.9 Å². The zero-order chi connectivity index (χ0) is 16.3. The molecule has 1 spiro atoms. The lowest BCUT2D eigenvalue weighted by Gasteiger charge is -2.38. The summed E-state index contributed by atoms with van der Waals surface area (Å²) in [4.78, 5) is 25.4. The molecule has 2 heterocycles. The highest BCUT2D eigenvalue weighted by atomic mass is 32.2. The number of nitrogens with zero attached hydrogens (tertiary/aromatic N) is 2. The van der Waals surface area contributed by atoms with E-state index in [1.165, 1.54) is 30.3 Å². The number of hydrogen-bond acceptors (Lipinski definition) is 5. The Morgan fingerprint density at radius 1 is 1.26 bits per heavy atom. The number of benzene rings is 1. The highest BCUT2D eigenvalue weighted by molar-refractivity contribution is 8.00. The number of piperidine rings is 1. The number of non-ortho nitro benzene ring substituents is 1. The summed E-state index contributed by atoms with van der Waals surface area (Å²) in [5.41, 5.74) is 0.495. The summed E-state index contributed by atoms with van der Waals surface area (Å²) in [5, 5.41) is 14.1. The van der Waals surface area contributed by atoms with Crippen molar-refractivity contribution < 1.29 is 9.72 Å². The van der Waals surface area contributed by atoms with Gasteiger partial charge in [0.05, 0.1) is 10.7 Å². The fraction of sp³-hybridized carbons (Fsp3) is 0.562. The molecular formula is C16H21N3O3S. The monoisotopic (exact) mass is 335 g/mol. The summed E-state index contributed by atoms with van der Waals surface area (Å²) in [6, 6.07) is 6.35. The van der Waals surface area contributed by atoms with Gasteiger partial charge in [-0.25, -0.2) is 0 Å². The van der Waals surface area contributed by atoms with E-state index in [0.29, 0.717) is 11.2 Å². The fourth-order valence-electron chi connectivity index (χ4n) is 3.35. The van der Waals surface area contributed by atoms with Gasteiger partial charge in [0.1, 0.15) is 0 Å². The smallest absolute Gasteiger partial charge is 0.269 e. The fourth-order valence-corrected chi connectivity index (χ4v) is 4.15. The average Bonchev–Trinajstić information content (AvgIpc) is 3.02. The van der Waals surface area contributed by atoms with E-state index in [1.807, 2.05) is 4.90 Å². The number of hydrogen-bond donors (Lipinski definition) is 1. The summed E-state index contributed by atoms with van der Waals surface area (Å²) in [7, 11) is 0. The van der Waals surface area contributed by atoms with Gasteiger partial charge in [0.25, 0.3) is 5.69 Å². The van der Waals surface area contributed by atoms with Crippen molar-refractivity contribution in [3.8, 4) is 0 Å². The number of amides is 1. The van der Waals surface area contributed by atoms with Gasteiger partial charge in [-0.1, -0.05) is 0 Å². The molecule has 1 aromatic carbocycles. The Balaban J connectivity index is 1.47. The van der Waals surface area contributed by atoms with Crippen LogP contribution in [0.25, 0.3) is 0 Å². The van der Waals surface area contributed by atoms with Crippen molar-refractivity contribution in [2.45, 2.75) is 24.2 Å². The van der Waals surface area contributed by atoms with Crippen LogP contribution in [0.15, 0.2) is 29.2 Å². The molecule has 2 aliphatic rings. The summed E-state index contributed by atoms with van der Waals surface area (Å²) in [5.74, 6) is 0.553. The van der Waals surface area contributed by atoms with Gasteiger partial charge < -0.3 is 10.2 Å². The first kappa shape index (κ1) is 16.3. The van der Waals surface area contributed by atoms with Crippen LogP contribution in [-0.2, 0) is 4.79 Å². The first-order valence-corrected chi connectivity index (χ1v) is 8.92. The van der Waals surface area contributed by atoms with Gasteiger partial charge in [-0.15, -0.1) is 11.8 Å². The number of nitrogens with one attached hydrogen (secondary N) is 1. The predicted octanol–water partition coefficient (Wildman–Crippen LogP) is 2.29. The van der Waals surface area contributed by atoms with Crippen LogP contribution in [0.3, 0.4) is 0 Å². The van der Waals surface area contributed by atoms with Crippen molar-refractivity contribution in [3.63, 3.8) is 0 Å². The second-order valence-electron chi connectivity index (χ2n) is 6.35. The van der Waals surface area contributed by atoms with Crippen molar-refractivity contribution in [1.29, 1.82) is 0 Å². The van der Waals surface area contributed by atoms with E-state index in [1.54, 1.807) is 12.1 Å². The molecule has 2 fully saturated rings. The minimum absolute atomic E-state index is 0.0761. The van der Waals surface area contributed by atoms with Gasteiger partial charge in [0.15, 0.2) is 0 Å². The second kappa shape index (κ2) is 6.88. The number of carbonyl (C=O) groups excluding carboxylic acids is 1. The van der Waals surface area contributed by atoms with Gasteiger partial charge in [0, 0.05) is 36.7 Å². The lowest BCUT2D eigenvalue weighted by atomic mass is 9.78. The van der Waals surface area contributed by atoms with Crippen molar-refractivity contribution in [2.24, 2.45) is 5.41 Å². The molecule has 0 aromatic heterocycles. The zero-order valence-corrected chi connectivity index (χ0v) is 13.8. The molecule has 23 heavy (non-hydrogen) atoms. The van der Waals surface area contributed by atoms with Crippen molar-refractivity contribution >= 4 is 23.4 Å². The van der Waals surface area contributed by atoms with E-state index in [2.05, 4.69) is 5.32 Å². The molecule has 0 radical (unpaired) electrons. The maximum absolute atomic E-state index is 12.3. The standard InChI is InChI=1S/C16H21N3O3S/c20-15(11-23-14-3-1-13(2-4-14)19(21)22)18-9-6-16(7-10-18)5-8-17-12-16/h1-4,17H,5-12H2. The van der Waals surface area contributed by atoms with Gasteiger partial charge in [-0.2, -0.15) is 0 Å². The van der Waals surface area contributed by atoms with Gasteiger partial charge in [-0.3, -0.25) is 14.9 Å². The quantitative estimate of drug-likeness (QED) is 0.519. The second-order valence-corrected chi connectivity index (χ2v) is 7.40. The molecule has 0 atom stereocenters. The van der Waals surface area contributed by atoms with E-state index < -0.39 is 4.92 Å². The van der Waals surface area contributed by atoms with Crippen LogP contribution in [0.2, 0.25) is 0 Å². The summed E-state index contributed by atoms with van der Waals surface area (Å²) < 4.78 is 0.